The molecule has 0 radical (unpaired) electrons. The Morgan fingerprint density at radius 3 is 2.32 bits per heavy atom. The van der Waals surface area contributed by atoms with E-state index in [1.165, 1.54) is 10.5 Å². The van der Waals surface area contributed by atoms with Crippen molar-refractivity contribution in [3.8, 4) is 11.3 Å². The number of pyridine rings is 1. The highest BCUT2D eigenvalue weighted by atomic mass is 32.2. The molecule has 2 aromatic carbocycles. The summed E-state index contributed by atoms with van der Waals surface area (Å²) in [6.45, 7) is 2.56. The molecule has 0 atom stereocenters. The molecule has 3 aromatic rings. The van der Waals surface area contributed by atoms with Gasteiger partial charge in [-0.25, -0.2) is 0 Å². The van der Waals surface area contributed by atoms with Crippen molar-refractivity contribution in [2.45, 2.75) is 18.4 Å². The Hall–Kier alpha value is -2.59. The van der Waals surface area contributed by atoms with Gasteiger partial charge in [0, 0.05) is 23.2 Å². The van der Waals surface area contributed by atoms with E-state index in [4.69, 9.17) is 0 Å². The molecule has 0 saturated carbocycles. The van der Waals surface area contributed by atoms with E-state index in [-0.39, 0.29) is 5.91 Å². The lowest BCUT2D eigenvalue weighted by atomic mass is 10.1. The molecule has 0 bridgehead atoms. The molecule has 4 heteroatoms. The maximum absolute atomic E-state index is 12.3. The minimum Gasteiger partial charge on any atom is -0.348 e. The van der Waals surface area contributed by atoms with Crippen LogP contribution in [0.5, 0.6) is 0 Å². The molecule has 1 amide bonds. The molecule has 1 heterocycles. The van der Waals surface area contributed by atoms with Crippen molar-refractivity contribution >= 4 is 17.7 Å². The van der Waals surface area contributed by atoms with Crippen LogP contribution in [0, 0.1) is 6.92 Å². The predicted octanol–water partition coefficient (Wildman–Crippen LogP) is 4.71. The second-order valence-electron chi connectivity index (χ2n) is 5.83. The monoisotopic (exact) mass is 348 g/mol. The van der Waals surface area contributed by atoms with E-state index in [9.17, 15) is 4.79 Å². The fraction of sp³-hybridized carbons (Fsp3) is 0.143. The number of carbonyl (C=O) groups is 1. The topological polar surface area (TPSA) is 42.0 Å². The molecule has 25 heavy (non-hydrogen) atoms. The number of amides is 1. The number of hydrogen-bond donors (Lipinski definition) is 1. The van der Waals surface area contributed by atoms with Crippen molar-refractivity contribution in [1.82, 2.24) is 10.3 Å². The average Bonchev–Trinajstić information content (AvgIpc) is 2.67. The van der Waals surface area contributed by atoms with Crippen LogP contribution in [0.2, 0.25) is 0 Å². The fourth-order valence-electron chi connectivity index (χ4n) is 2.45. The maximum Gasteiger partial charge on any atom is 0.253 e. The lowest BCUT2D eigenvalue weighted by molar-refractivity contribution is 0.0950. The summed E-state index contributed by atoms with van der Waals surface area (Å²) in [6, 6.07) is 20.1. The quantitative estimate of drug-likeness (QED) is 0.679. The van der Waals surface area contributed by atoms with Crippen LogP contribution in [0.15, 0.2) is 71.8 Å². The number of carbonyl (C=O) groups excluding carboxylic acids is 1. The van der Waals surface area contributed by atoms with E-state index in [0.29, 0.717) is 12.1 Å². The molecule has 126 valence electrons. The van der Waals surface area contributed by atoms with E-state index in [1.54, 1.807) is 18.0 Å². The van der Waals surface area contributed by atoms with Gasteiger partial charge in [0.2, 0.25) is 0 Å². The first-order valence-corrected chi connectivity index (χ1v) is 9.32. The van der Waals surface area contributed by atoms with E-state index >= 15 is 0 Å². The average molecular weight is 348 g/mol. The Bertz CT molecular complexity index is 841. The zero-order valence-electron chi connectivity index (χ0n) is 14.3. The van der Waals surface area contributed by atoms with Gasteiger partial charge in [-0.05, 0) is 43.0 Å². The third-order valence-corrected chi connectivity index (χ3v) is 4.73. The first kappa shape index (κ1) is 17.2. The molecule has 3 rings (SSSR count). The number of hydrogen-bond acceptors (Lipinski definition) is 3. The smallest absolute Gasteiger partial charge is 0.253 e. The number of benzene rings is 2. The number of aromatic nitrogens is 1. The molecule has 0 aliphatic carbocycles. The minimum absolute atomic E-state index is 0.114. The summed E-state index contributed by atoms with van der Waals surface area (Å²) in [6.07, 6.45) is 3.67. The van der Waals surface area contributed by atoms with Crippen LogP contribution in [0.1, 0.15) is 21.5 Å². The summed E-state index contributed by atoms with van der Waals surface area (Å²) < 4.78 is 0. The van der Waals surface area contributed by atoms with Crippen molar-refractivity contribution in [3.05, 3.63) is 83.6 Å². The van der Waals surface area contributed by atoms with Gasteiger partial charge in [-0.2, -0.15) is 0 Å². The minimum atomic E-state index is -0.114. The second-order valence-corrected chi connectivity index (χ2v) is 6.71. The highest BCUT2D eigenvalue weighted by Crippen LogP contribution is 2.18. The summed E-state index contributed by atoms with van der Waals surface area (Å²) in [4.78, 5) is 17.9. The Balaban J connectivity index is 1.63. The fourth-order valence-corrected chi connectivity index (χ4v) is 2.86. The SMILES string of the molecule is CSc1ccc(CNC(=O)c2ccc(-c3ccc(C)cc3)nc2)cc1. The lowest BCUT2D eigenvalue weighted by Crippen LogP contribution is -2.22. The van der Waals surface area contributed by atoms with Crippen molar-refractivity contribution in [2.24, 2.45) is 0 Å². The molecule has 0 aliphatic rings. The van der Waals surface area contributed by atoms with Gasteiger partial charge in [0.25, 0.3) is 5.91 Å². The summed E-state index contributed by atoms with van der Waals surface area (Å²) in [5.74, 6) is -0.114. The van der Waals surface area contributed by atoms with Crippen LogP contribution in [-0.4, -0.2) is 17.1 Å². The molecule has 0 spiro atoms. The molecule has 0 aliphatic heterocycles. The predicted molar refractivity (Wildman–Crippen MR) is 104 cm³/mol. The molecule has 3 nitrogen and oxygen atoms in total. The zero-order valence-corrected chi connectivity index (χ0v) is 15.1. The second kappa shape index (κ2) is 7.99. The van der Waals surface area contributed by atoms with Crippen molar-refractivity contribution in [3.63, 3.8) is 0 Å². The molecule has 0 unspecified atom stereocenters. The van der Waals surface area contributed by atoms with Gasteiger partial charge in [0.1, 0.15) is 0 Å². The van der Waals surface area contributed by atoms with Crippen LogP contribution in [0.4, 0.5) is 0 Å². The maximum atomic E-state index is 12.3. The third-order valence-electron chi connectivity index (χ3n) is 3.99. The standard InChI is InChI=1S/C21H20N2OS/c1-15-3-7-17(8-4-15)20-12-9-18(14-22-20)21(24)23-13-16-5-10-19(25-2)11-6-16/h3-12,14H,13H2,1-2H3,(H,23,24). The van der Waals surface area contributed by atoms with Crippen molar-refractivity contribution in [2.75, 3.05) is 6.26 Å². The summed E-state index contributed by atoms with van der Waals surface area (Å²) in [7, 11) is 0. The van der Waals surface area contributed by atoms with Gasteiger partial charge in [-0.15, -0.1) is 11.8 Å². The van der Waals surface area contributed by atoms with Crippen LogP contribution in [-0.2, 0) is 6.54 Å². The summed E-state index contributed by atoms with van der Waals surface area (Å²) in [5, 5.41) is 2.93. The van der Waals surface area contributed by atoms with Crippen molar-refractivity contribution < 1.29 is 4.79 Å². The largest absolute Gasteiger partial charge is 0.348 e. The number of nitrogens with zero attached hydrogens (tertiary/aromatic N) is 1. The Morgan fingerprint density at radius 2 is 1.72 bits per heavy atom. The molecule has 0 saturated heterocycles. The number of aryl methyl sites for hydroxylation is 1. The Morgan fingerprint density at radius 1 is 1.00 bits per heavy atom. The first-order valence-electron chi connectivity index (χ1n) is 8.10. The first-order chi connectivity index (χ1) is 12.2. The van der Waals surface area contributed by atoms with Gasteiger partial charge < -0.3 is 5.32 Å². The number of rotatable bonds is 5. The van der Waals surface area contributed by atoms with Crippen LogP contribution in [0.3, 0.4) is 0 Å². The highest BCUT2D eigenvalue weighted by molar-refractivity contribution is 7.98. The molecular weight excluding hydrogens is 328 g/mol. The van der Waals surface area contributed by atoms with E-state index < -0.39 is 0 Å². The normalized spacial score (nSPS) is 10.5. The zero-order chi connectivity index (χ0) is 17.6. The summed E-state index contributed by atoms with van der Waals surface area (Å²) >= 11 is 1.70. The van der Waals surface area contributed by atoms with Crippen LogP contribution in [0.25, 0.3) is 11.3 Å². The molecular formula is C21H20N2OS. The van der Waals surface area contributed by atoms with Gasteiger partial charge in [0.15, 0.2) is 0 Å². The summed E-state index contributed by atoms with van der Waals surface area (Å²) in [5.41, 5.74) is 4.77. The number of nitrogens with one attached hydrogen (secondary N) is 1. The molecule has 0 fully saturated rings. The lowest BCUT2D eigenvalue weighted by Gasteiger charge is -2.07. The third kappa shape index (κ3) is 4.48. The van der Waals surface area contributed by atoms with Crippen LogP contribution < -0.4 is 5.32 Å². The molecule has 1 N–H and O–H groups in total. The Labute approximate surface area is 152 Å². The van der Waals surface area contributed by atoms with Gasteiger partial charge in [-0.1, -0.05) is 42.0 Å². The van der Waals surface area contributed by atoms with Gasteiger partial charge in [-0.3, -0.25) is 9.78 Å². The highest BCUT2D eigenvalue weighted by Gasteiger charge is 2.07. The van der Waals surface area contributed by atoms with Gasteiger partial charge >= 0.3 is 0 Å². The van der Waals surface area contributed by atoms with Crippen LogP contribution >= 0.6 is 11.8 Å². The van der Waals surface area contributed by atoms with E-state index in [0.717, 1.165) is 16.8 Å². The Kier molecular flexibility index (Phi) is 5.51. The van der Waals surface area contributed by atoms with Crippen molar-refractivity contribution in [1.29, 1.82) is 0 Å². The van der Waals surface area contributed by atoms with Gasteiger partial charge in [0.05, 0.1) is 11.3 Å². The number of thioether (sulfide) groups is 1. The van der Waals surface area contributed by atoms with E-state index in [2.05, 4.69) is 41.5 Å². The van der Waals surface area contributed by atoms with E-state index in [1.807, 2.05) is 42.7 Å². The molecule has 1 aromatic heterocycles.